The van der Waals surface area contributed by atoms with Crippen molar-refractivity contribution in [3.8, 4) is 0 Å². The number of ether oxygens (including phenoxy) is 3. The summed E-state index contributed by atoms with van der Waals surface area (Å²) in [6.07, 6.45) is 1.96. The molecular weight excluding hydrogens is 320 g/mol. The molecule has 1 saturated heterocycles. The zero-order valence-corrected chi connectivity index (χ0v) is 13.3. The highest BCUT2D eigenvalue weighted by Crippen LogP contribution is 2.37. The first-order valence-corrected chi connectivity index (χ1v) is 8.08. The van der Waals surface area contributed by atoms with Crippen LogP contribution in [0.2, 0.25) is 0 Å². The SMILES string of the molecule is O=C(O[C@H]1C=C[C@@H](OC(=O)c2ccccc2)[C@@H]2O[C@@H]21)c1ccccc1. The van der Waals surface area contributed by atoms with Crippen molar-refractivity contribution in [2.45, 2.75) is 24.4 Å². The average molecular weight is 336 g/mol. The van der Waals surface area contributed by atoms with Crippen LogP contribution >= 0.6 is 0 Å². The lowest BCUT2D eigenvalue weighted by Gasteiger charge is -2.19. The molecule has 1 aliphatic heterocycles. The topological polar surface area (TPSA) is 65.1 Å². The minimum atomic E-state index is -0.468. The molecule has 1 fully saturated rings. The number of hydrogen-bond acceptors (Lipinski definition) is 5. The van der Waals surface area contributed by atoms with Crippen LogP contribution in [0.15, 0.2) is 72.8 Å². The summed E-state index contributed by atoms with van der Waals surface area (Å²) in [7, 11) is 0. The molecule has 1 aliphatic carbocycles. The quantitative estimate of drug-likeness (QED) is 0.488. The molecule has 0 amide bonds. The van der Waals surface area contributed by atoms with Gasteiger partial charge >= 0.3 is 11.9 Å². The van der Waals surface area contributed by atoms with Gasteiger partial charge in [-0.2, -0.15) is 0 Å². The smallest absolute Gasteiger partial charge is 0.338 e. The lowest BCUT2D eigenvalue weighted by Crippen LogP contribution is -2.33. The second kappa shape index (κ2) is 6.53. The summed E-state index contributed by atoms with van der Waals surface area (Å²) >= 11 is 0. The Kier molecular flexibility index (Phi) is 4.07. The highest BCUT2D eigenvalue weighted by molar-refractivity contribution is 5.90. The van der Waals surface area contributed by atoms with E-state index < -0.39 is 24.1 Å². The van der Waals surface area contributed by atoms with Crippen molar-refractivity contribution in [1.82, 2.24) is 0 Å². The number of epoxide rings is 1. The standard InChI is InChI=1S/C20H16O5/c21-19(13-7-3-1-4-8-13)23-15-11-12-16(18-17(15)25-18)24-20(22)14-9-5-2-6-10-14/h1-12,15-18H/t15-,16+,17+,18-. The third-order valence-electron chi connectivity index (χ3n) is 4.20. The number of hydrogen-bond donors (Lipinski definition) is 0. The monoisotopic (exact) mass is 336 g/mol. The molecule has 2 aromatic carbocycles. The van der Waals surface area contributed by atoms with Gasteiger partial charge in [-0.15, -0.1) is 0 Å². The predicted octanol–water partition coefficient (Wildman–Crippen LogP) is 2.77. The average Bonchev–Trinajstić information content (AvgIpc) is 3.46. The third kappa shape index (κ3) is 3.32. The van der Waals surface area contributed by atoms with Gasteiger partial charge in [-0.3, -0.25) is 0 Å². The van der Waals surface area contributed by atoms with Crippen LogP contribution < -0.4 is 0 Å². The Labute approximate surface area is 144 Å². The summed E-state index contributed by atoms with van der Waals surface area (Å²) in [5.41, 5.74) is 0.983. The van der Waals surface area contributed by atoms with Crippen LogP contribution in [0.5, 0.6) is 0 Å². The first kappa shape index (κ1) is 15.6. The molecule has 0 N–H and O–H groups in total. The van der Waals surface area contributed by atoms with E-state index in [9.17, 15) is 9.59 Å². The lowest BCUT2D eigenvalue weighted by atomic mass is 10.0. The van der Waals surface area contributed by atoms with Gasteiger partial charge in [0.25, 0.3) is 0 Å². The van der Waals surface area contributed by atoms with Crippen molar-refractivity contribution in [3.05, 3.63) is 83.9 Å². The zero-order chi connectivity index (χ0) is 17.2. The van der Waals surface area contributed by atoms with Gasteiger partial charge in [0.15, 0.2) is 0 Å². The normalized spacial score (nSPS) is 26.4. The summed E-state index contributed by atoms with van der Waals surface area (Å²) in [4.78, 5) is 24.2. The van der Waals surface area contributed by atoms with Crippen molar-refractivity contribution in [2.75, 3.05) is 0 Å². The van der Waals surface area contributed by atoms with Crippen LogP contribution in [0.1, 0.15) is 20.7 Å². The number of benzene rings is 2. The van der Waals surface area contributed by atoms with Gasteiger partial charge in [0, 0.05) is 0 Å². The van der Waals surface area contributed by atoms with Crippen LogP contribution in [0.25, 0.3) is 0 Å². The Morgan fingerprint density at radius 1 is 0.680 bits per heavy atom. The molecule has 2 aliphatic rings. The van der Waals surface area contributed by atoms with E-state index in [0.29, 0.717) is 11.1 Å². The van der Waals surface area contributed by atoms with Gasteiger partial charge in [-0.05, 0) is 36.4 Å². The molecule has 126 valence electrons. The number of esters is 2. The first-order valence-electron chi connectivity index (χ1n) is 8.08. The molecule has 0 bridgehead atoms. The third-order valence-corrected chi connectivity index (χ3v) is 4.20. The van der Waals surface area contributed by atoms with Gasteiger partial charge in [0.1, 0.15) is 24.4 Å². The number of rotatable bonds is 4. The van der Waals surface area contributed by atoms with E-state index in [-0.39, 0.29) is 12.2 Å². The van der Waals surface area contributed by atoms with Crippen LogP contribution in [0, 0.1) is 0 Å². The van der Waals surface area contributed by atoms with Crippen molar-refractivity contribution < 1.29 is 23.8 Å². The molecule has 5 heteroatoms. The molecule has 5 nitrogen and oxygen atoms in total. The summed E-state index contributed by atoms with van der Waals surface area (Å²) in [6, 6.07) is 17.6. The molecular formula is C20H16O5. The molecule has 0 spiro atoms. The fourth-order valence-corrected chi connectivity index (χ4v) is 2.85. The van der Waals surface area contributed by atoms with Gasteiger partial charge < -0.3 is 14.2 Å². The van der Waals surface area contributed by atoms with Gasteiger partial charge in [-0.1, -0.05) is 36.4 Å². The molecule has 1 heterocycles. The van der Waals surface area contributed by atoms with E-state index >= 15 is 0 Å². The number of carbonyl (C=O) groups excluding carboxylic acids is 2. The van der Waals surface area contributed by atoms with Crippen molar-refractivity contribution in [3.63, 3.8) is 0 Å². The molecule has 2 aromatic rings. The summed E-state index contributed by atoms with van der Waals surface area (Å²) in [5, 5.41) is 0. The molecule has 25 heavy (non-hydrogen) atoms. The predicted molar refractivity (Wildman–Crippen MR) is 89.1 cm³/mol. The van der Waals surface area contributed by atoms with Crippen LogP contribution in [-0.4, -0.2) is 36.4 Å². The van der Waals surface area contributed by atoms with E-state index in [1.165, 1.54) is 0 Å². The maximum atomic E-state index is 12.1. The van der Waals surface area contributed by atoms with Crippen molar-refractivity contribution >= 4 is 11.9 Å². The molecule has 0 unspecified atom stereocenters. The zero-order valence-electron chi connectivity index (χ0n) is 13.3. The summed E-state index contributed by atoms with van der Waals surface area (Å²) in [6.45, 7) is 0. The Balaban J connectivity index is 1.38. The van der Waals surface area contributed by atoms with E-state index in [2.05, 4.69) is 0 Å². The van der Waals surface area contributed by atoms with E-state index in [1.807, 2.05) is 12.1 Å². The van der Waals surface area contributed by atoms with Crippen LogP contribution in [-0.2, 0) is 14.2 Å². The van der Waals surface area contributed by atoms with E-state index in [1.54, 1.807) is 60.7 Å². The Bertz CT molecular complexity index is 732. The maximum absolute atomic E-state index is 12.1. The molecule has 4 atom stereocenters. The Morgan fingerprint density at radius 3 is 1.48 bits per heavy atom. The van der Waals surface area contributed by atoms with Gasteiger partial charge in [0.2, 0.25) is 0 Å². The fourth-order valence-electron chi connectivity index (χ4n) is 2.85. The second-order valence-corrected chi connectivity index (χ2v) is 5.92. The van der Waals surface area contributed by atoms with E-state index in [4.69, 9.17) is 14.2 Å². The van der Waals surface area contributed by atoms with Gasteiger partial charge in [-0.25, -0.2) is 9.59 Å². The largest absolute Gasteiger partial charge is 0.452 e. The van der Waals surface area contributed by atoms with Crippen LogP contribution in [0.3, 0.4) is 0 Å². The summed E-state index contributed by atoms with van der Waals surface area (Å²) in [5.74, 6) is -0.798. The molecule has 4 rings (SSSR count). The number of carbonyl (C=O) groups is 2. The Hall–Kier alpha value is -2.92. The molecule has 0 radical (unpaired) electrons. The minimum absolute atomic E-state index is 0.272. The molecule has 0 saturated carbocycles. The Morgan fingerprint density at radius 2 is 1.08 bits per heavy atom. The van der Waals surface area contributed by atoms with Gasteiger partial charge in [0.05, 0.1) is 11.1 Å². The lowest BCUT2D eigenvalue weighted by molar-refractivity contribution is 0.0287. The van der Waals surface area contributed by atoms with Crippen LogP contribution in [0.4, 0.5) is 0 Å². The summed E-state index contributed by atoms with van der Waals surface area (Å²) < 4.78 is 16.5. The molecule has 0 aromatic heterocycles. The second-order valence-electron chi connectivity index (χ2n) is 5.92. The minimum Gasteiger partial charge on any atom is -0.452 e. The van der Waals surface area contributed by atoms with Crippen molar-refractivity contribution in [1.29, 1.82) is 0 Å². The highest BCUT2D eigenvalue weighted by Gasteiger charge is 2.54. The van der Waals surface area contributed by atoms with Crippen molar-refractivity contribution in [2.24, 2.45) is 0 Å². The maximum Gasteiger partial charge on any atom is 0.338 e. The van der Waals surface area contributed by atoms with E-state index in [0.717, 1.165) is 0 Å². The highest BCUT2D eigenvalue weighted by atomic mass is 16.7. The number of fused-ring (bicyclic) bond motifs is 1. The first-order chi connectivity index (χ1) is 12.2. The fraction of sp³-hybridized carbons (Fsp3) is 0.200.